The van der Waals surface area contributed by atoms with E-state index in [0.29, 0.717) is 0 Å². The third-order valence-corrected chi connectivity index (χ3v) is 3.09. The standard InChI is InChI=1S/C8H10ClN3O5/c9-5-4(3-13)17-7(6(5)14)11-2-1-10-8(11)12(15)16/h1-2,4-7,13-14H,3H2/t4?,5-,6+,7-/m1/s1. The van der Waals surface area contributed by atoms with Gasteiger partial charge < -0.3 is 25.1 Å². The van der Waals surface area contributed by atoms with Gasteiger partial charge in [-0.1, -0.05) is 4.98 Å². The summed E-state index contributed by atoms with van der Waals surface area (Å²) in [4.78, 5) is 13.5. The van der Waals surface area contributed by atoms with Crippen LogP contribution in [0.25, 0.3) is 0 Å². The number of aromatic nitrogens is 2. The summed E-state index contributed by atoms with van der Waals surface area (Å²) in [5.74, 6) is -0.448. The predicted octanol–water partition coefficient (Wildman–Crippen LogP) is -0.351. The Morgan fingerprint density at radius 1 is 1.71 bits per heavy atom. The lowest BCUT2D eigenvalue weighted by atomic mass is 10.2. The van der Waals surface area contributed by atoms with Crippen molar-refractivity contribution in [3.63, 3.8) is 0 Å². The average molecular weight is 264 g/mol. The minimum absolute atomic E-state index is 0.371. The molecule has 0 amide bonds. The SMILES string of the molecule is O=[N+]([O-])c1nccn1[C@@H]1OC(CO)[C@@H](Cl)[C@@H]1O. The molecule has 1 aromatic heterocycles. The Labute approximate surface area is 101 Å². The molecule has 1 aliphatic heterocycles. The van der Waals surface area contributed by atoms with Crippen LogP contribution in [0.3, 0.4) is 0 Å². The van der Waals surface area contributed by atoms with Crippen LogP contribution in [0.15, 0.2) is 12.4 Å². The van der Waals surface area contributed by atoms with E-state index in [2.05, 4.69) is 4.98 Å². The molecule has 1 saturated heterocycles. The molecule has 0 aromatic carbocycles. The number of nitro groups is 1. The molecule has 8 nitrogen and oxygen atoms in total. The lowest BCUT2D eigenvalue weighted by Crippen LogP contribution is -2.28. The van der Waals surface area contributed by atoms with Gasteiger partial charge in [-0.3, -0.25) is 0 Å². The Bertz CT molecular complexity index is 425. The predicted molar refractivity (Wildman–Crippen MR) is 55.5 cm³/mol. The number of aliphatic hydroxyl groups excluding tert-OH is 2. The van der Waals surface area contributed by atoms with Crippen LogP contribution in [0.2, 0.25) is 0 Å². The summed E-state index contributed by atoms with van der Waals surface area (Å²) in [6, 6.07) is 0. The van der Waals surface area contributed by atoms with E-state index < -0.39 is 34.7 Å². The lowest BCUT2D eigenvalue weighted by Gasteiger charge is -2.13. The summed E-state index contributed by atoms with van der Waals surface area (Å²) in [6.45, 7) is -0.371. The van der Waals surface area contributed by atoms with Crippen molar-refractivity contribution in [1.82, 2.24) is 9.55 Å². The van der Waals surface area contributed by atoms with Crippen molar-refractivity contribution in [3.05, 3.63) is 22.5 Å². The second-order valence-electron chi connectivity index (χ2n) is 3.57. The van der Waals surface area contributed by atoms with E-state index >= 15 is 0 Å². The van der Waals surface area contributed by atoms with Crippen LogP contribution in [-0.2, 0) is 4.74 Å². The molecule has 0 saturated carbocycles. The number of aliphatic hydroxyl groups is 2. The van der Waals surface area contributed by atoms with Crippen molar-refractivity contribution in [1.29, 1.82) is 0 Å². The first-order chi connectivity index (χ1) is 8.06. The molecule has 0 spiro atoms. The number of nitrogens with zero attached hydrogens (tertiary/aromatic N) is 3. The summed E-state index contributed by atoms with van der Waals surface area (Å²) in [6.07, 6.45) is -0.392. The van der Waals surface area contributed by atoms with E-state index in [1.54, 1.807) is 0 Å². The Kier molecular flexibility index (Phi) is 3.29. The van der Waals surface area contributed by atoms with Gasteiger partial charge in [0.15, 0.2) is 0 Å². The fourth-order valence-electron chi connectivity index (χ4n) is 1.73. The van der Waals surface area contributed by atoms with E-state index in [4.69, 9.17) is 21.4 Å². The smallest absolute Gasteiger partial charge is 0.394 e. The molecule has 1 aromatic rings. The van der Waals surface area contributed by atoms with Crippen molar-refractivity contribution in [2.45, 2.75) is 23.8 Å². The van der Waals surface area contributed by atoms with Gasteiger partial charge in [0.25, 0.3) is 0 Å². The summed E-state index contributed by atoms with van der Waals surface area (Å²) < 4.78 is 6.34. The number of ether oxygens (including phenoxy) is 1. The molecule has 2 rings (SSSR count). The zero-order valence-corrected chi connectivity index (χ0v) is 9.27. The highest BCUT2D eigenvalue weighted by Crippen LogP contribution is 2.34. The minimum Gasteiger partial charge on any atom is -0.394 e. The highest BCUT2D eigenvalue weighted by molar-refractivity contribution is 6.21. The van der Waals surface area contributed by atoms with Crippen LogP contribution in [0.4, 0.5) is 5.95 Å². The first-order valence-corrected chi connectivity index (χ1v) is 5.25. The van der Waals surface area contributed by atoms with Crippen LogP contribution < -0.4 is 0 Å². The number of halogens is 1. The molecule has 2 heterocycles. The first-order valence-electron chi connectivity index (χ1n) is 4.82. The number of hydrogen-bond donors (Lipinski definition) is 2. The van der Waals surface area contributed by atoms with Gasteiger partial charge in [-0.2, -0.15) is 4.57 Å². The van der Waals surface area contributed by atoms with Gasteiger partial charge in [0, 0.05) is 0 Å². The molecule has 9 heteroatoms. The molecule has 4 atom stereocenters. The average Bonchev–Trinajstić information content (AvgIpc) is 2.86. The highest BCUT2D eigenvalue weighted by Gasteiger charge is 2.46. The van der Waals surface area contributed by atoms with Gasteiger partial charge in [0.2, 0.25) is 6.23 Å². The molecule has 2 N–H and O–H groups in total. The maximum Gasteiger partial charge on any atom is 0.436 e. The number of imidazole rings is 1. The Morgan fingerprint density at radius 3 is 2.94 bits per heavy atom. The molecule has 0 aliphatic carbocycles. The third kappa shape index (κ3) is 2.00. The zero-order chi connectivity index (χ0) is 12.6. The van der Waals surface area contributed by atoms with E-state index in [0.717, 1.165) is 4.57 Å². The lowest BCUT2D eigenvalue weighted by molar-refractivity contribution is -0.398. The van der Waals surface area contributed by atoms with Gasteiger partial charge in [-0.15, -0.1) is 11.6 Å². The molecule has 1 fully saturated rings. The van der Waals surface area contributed by atoms with Crippen LogP contribution in [-0.4, -0.2) is 48.9 Å². The fraction of sp³-hybridized carbons (Fsp3) is 0.625. The highest BCUT2D eigenvalue weighted by atomic mass is 35.5. The summed E-state index contributed by atoms with van der Waals surface area (Å²) in [7, 11) is 0. The molecule has 0 bridgehead atoms. The quantitative estimate of drug-likeness (QED) is 0.438. The third-order valence-electron chi connectivity index (χ3n) is 2.55. The maximum atomic E-state index is 10.7. The number of hydrogen-bond acceptors (Lipinski definition) is 6. The molecule has 1 aliphatic rings. The summed E-state index contributed by atoms with van der Waals surface area (Å²) in [5, 5.41) is 28.6. The Balaban J connectivity index is 2.29. The van der Waals surface area contributed by atoms with Crippen molar-refractivity contribution in [3.8, 4) is 0 Å². The van der Waals surface area contributed by atoms with Gasteiger partial charge in [-0.25, -0.2) is 0 Å². The van der Waals surface area contributed by atoms with Crippen LogP contribution in [0.1, 0.15) is 6.23 Å². The molecule has 1 unspecified atom stereocenters. The summed E-state index contributed by atoms with van der Waals surface area (Å²) in [5.41, 5.74) is 0. The first kappa shape index (κ1) is 12.2. The fourth-order valence-corrected chi connectivity index (χ4v) is 1.99. The van der Waals surface area contributed by atoms with Gasteiger partial charge in [0.05, 0.1) is 12.0 Å². The molecule has 94 valence electrons. The van der Waals surface area contributed by atoms with Crippen molar-refractivity contribution in [2.75, 3.05) is 6.61 Å². The van der Waals surface area contributed by atoms with E-state index in [9.17, 15) is 15.2 Å². The van der Waals surface area contributed by atoms with E-state index in [1.807, 2.05) is 0 Å². The van der Waals surface area contributed by atoms with Gasteiger partial charge in [-0.05, 0) is 4.92 Å². The Morgan fingerprint density at radius 2 is 2.41 bits per heavy atom. The second-order valence-corrected chi connectivity index (χ2v) is 4.08. The topological polar surface area (TPSA) is 111 Å². The van der Waals surface area contributed by atoms with Gasteiger partial charge in [0.1, 0.15) is 24.6 Å². The molecule has 17 heavy (non-hydrogen) atoms. The van der Waals surface area contributed by atoms with Crippen LogP contribution in [0.5, 0.6) is 0 Å². The Hall–Kier alpha value is -1.22. The normalized spacial score (nSPS) is 32.9. The van der Waals surface area contributed by atoms with Crippen molar-refractivity contribution < 1.29 is 19.9 Å². The second kappa shape index (κ2) is 4.57. The van der Waals surface area contributed by atoms with Crippen molar-refractivity contribution in [2.24, 2.45) is 0 Å². The minimum atomic E-state index is -1.15. The maximum absolute atomic E-state index is 10.7. The van der Waals surface area contributed by atoms with Crippen LogP contribution in [0, 0.1) is 10.1 Å². The molecular formula is C8H10ClN3O5. The summed E-state index contributed by atoms with van der Waals surface area (Å²) >= 11 is 5.83. The van der Waals surface area contributed by atoms with Crippen molar-refractivity contribution >= 4 is 17.5 Å². The van der Waals surface area contributed by atoms with Crippen LogP contribution >= 0.6 is 11.6 Å². The van der Waals surface area contributed by atoms with E-state index in [1.165, 1.54) is 12.4 Å². The number of rotatable bonds is 3. The molecular weight excluding hydrogens is 254 g/mol. The van der Waals surface area contributed by atoms with Gasteiger partial charge >= 0.3 is 5.95 Å². The largest absolute Gasteiger partial charge is 0.436 e. The molecule has 0 radical (unpaired) electrons. The van der Waals surface area contributed by atoms with E-state index in [-0.39, 0.29) is 6.61 Å². The monoisotopic (exact) mass is 263 g/mol. The zero-order valence-electron chi connectivity index (χ0n) is 8.51. The number of alkyl halides is 1.